The van der Waals surface area contributed by atoms with Gasteiger partial charge in [-0.1, -0.05) is 13.8 Å². The van der Waals surface area contributed by atoms with Gasteiger partial charge in [-0.25, -0.2) is 0 Å². The van der Waals surface area contributed by atoms with Gasteiger partial charge in [0.05, 0.1) is 25.0 Å². The minimum atomic E-state index is -1.10. The zero-order chi connectivity index (χ0) is 44.8. The molecular weight excluding hydrogens is 772 g/mol. The lowest BCUT2D eigenvalue weighted by Gasteiger charge is -2.28. The van der Waals surface area contributed by atoms with Crippen molar-refractivity contribution in [1.29, 1.82) is 0 Å². The van der Waals surface area contributed by atoms with E-state index in [1.165, 1.54) is 55.9 Å². The number of carbonyl (C=O) groups is 10. The van der Waals surface area contributed by atoms with Gasteiger partial charge in [0.1, 0.15) is 50.0 Å². The number of methoxy groups -OCH3 is 3. The van der Waals surface area contributed by atoms with Gasteiger partial charge in [0.15, 0.2) is 11.6 Å². The van der Waals surface area contributed by atoms with Gasteiger partial charge in [-0.2, -0.15) is 0 Å². The Morgan fingerprint density at radius 2 is 1.23 bits per heavy atom. The van der Waals surface area contributed by atoms with Crippen LogP contribution in [0.15, 0.2) is 0 Å². The predicted octanol–water partition coefficient (Wildman–Crippen LogP) is 2.81. The summed E-state index contributed by atoms with van der Waals surface area (Å²) in [4.78, 5) is 108. The quantitative estimate of drug-likeness (QED) is 0.0955. The Labute approximate surface area is 332 Å². The van der Waals surface area contributed by atoms with Crippen molar-refractivity contribution in [1.82, 2.24) is 0 Å². The fourth-order valence-corrected chi connectivity index (χ4v) is 3.70. The van der Waals surface area contributed by atoms with Gasteiger partial charge in [-0.05, 0) is 53.1 Å². The van der Waals surface area contributed by atoms with Crippen LogP contribution in [0.3, 0.4) is 0 Å². The number of carbonyl (C=O) groups excluding carboxylic acids is 9. The number of ether oxygens (including phenoxy) is 8. The summed E-state index contributed by atoms with van der Waals surface area (Å²) in [5.41, 5.74) is -0.651. The number of hydrogen-bond donors (Lipinski definition) is 1. The fraction of sp³-hybridized carbons (Fsp3) is 0.722. The molecule has 0 aromatic rings. The summed E-state index contributed by atoms with van der Waals surface area (Å²) in [7, 11) is 4.23. The van der Waals surface area contributed by atoms with Gasteiger partial charge in [0.25, 0.3) is 5.79 Å². The topological polar surface area (TPSA) is 265 Å². The highest BCUT2D eigenvalue weighted by molar-refractivity contribution is 6.63. The summed E-state index contributed by atoms with van der Waals surface area (Å²) in [6.07, 6.45) is -0.422. The van der Waals surface area contributed by atoms with Crippen molar-refractivity contribution >= 4 is 70.0 Å². The Hall–Kier alpha value is -4.33. The zero-order valence-electron chi connectivity index (χ0n) is 34.6. The van der Waals surface area contributed by atoms with Crippen LogP contribution in [0.2, 0.25) is 0 Å². The van der Waals surface area contributed by atoms with Crippen molar-refractivity contribution in [2.45, 2.75) is 99.9 Å². The van der Waals surface area contributed by atoms with E-state index in [1.807, 2.05) is 0 Å². The Morgan fingerprint density at radius 1 is 0.786 bits per heavy atom. The second-order valence-corrected chi connectivity index (χ2v) is 13.3. The SMILES string of the molecule is CC1(C)OC(=O)CC(=O)O1.CCOC(=O)C(C(C)=O)C(C)C(=O)OC(C)(C)C.CCOC(=O)CC(=O)COC.COCC(=O)CC(C)C(=O)O.COCC(=O)Cl. The monoisotopic (exact) mass is 830 g/mol. The van der Waals surface area contributed by atoms with Crippen LogP contribution < -0.4 is 0 Å². The normalized spacial score (nSPS) is 14.0. The Morgan fingerprint density at radius 3 is 1.55 bits per heavy atom. The molecule has 0 aromatic carbocycles. The lowest BCUT2D eigenvalue weighted by atomic mass is 9.90. The molecular formula is C36H59ClO19. The molecule has 0 aliphatic carbocycles. The largest absolute Gasteiger partial charge is 0.481 e. The number of ketones is 3. The maximum Gasteiger partial charge on any atom is 0.320 e. The average molecular weight is 831 g/mol. The van der Waals surface area contributed by atoms with Crippen molar-refractivity contribution in [3.05, 3.63) is 0 Å². The van der Waals surface area contributed by atoms with E-state index < -0.39 is 76.0 Å². The van der Waals surface area contributed by atoms with E-state index in [0.29, 0.717) is 6.61 Å². The van der Waals surface area contributed by atoms with Crippen LogP contribution in [0.4, 0.5) is 0 Å². The molecule has 324 valence electrons. The molecule has 19 nitrogen and oxygen atoms in total. The first-order chi connectivity index (χ1) is 25.6. The number of aliphatic carboxylic acids is 1. The van der Waals surface area contributed by atoms with E-state index >= 15 is 0 Å². The van der Waals surface area contributed by atoms with Crippen LogP contribution in [-0.2, 0) is 85.8 Å². The maximum absolute atomic E-state index is 11.8. The van der Waals surface area contributed by atoms with Crippen LogP contribution in [0, 0.1) is 17.8 Å². The van der Waals surface area contributed by atoms with Crippen LogP contribution in [0.25, 0.3) is 0 Å². The van der Waals surface area contributed by atoms with Crippen molar-refractivity contribution in [2.75, 3.05) is 54.4 Å². The zero-order valence-corrected chi connectivity index (χ0v) is 35.3. The molecule has 1 aliphatic heterocycles. The molecule has 1 heterocycles. The van der Waals surface area contributed by atoms with Crippen molar-refractivity contribution in [2.24, 2.45) is 17.8 Å². The summed E-state index contributed by atoms with van der Waals surface area (Å²) in [5.74, 6) is -8.21. The molecule has 0 aromatic heterocycles. The van der Waals surface area contributed by atoms with E-state index in [-0.39, 0.29) is 57.3 Å². The minimum Gasteiger partial charge on any atom is -0.481 e. The summed E-state index contributed by atoms with van der Waals surface area (Å²) >= 11 is 4.81. The van der Waals surface area contributed by atoms with Crippen molar-refractivity contribution in [3.63, 3.8) is 0 Å². The molecule has 0 bridgehead atoms. The number of cyclic esters (lactones) is 2. The molecule has 1 aliphatic rings. The Kier molecular flexibility index (Phi) is 33.2. The lowest BCUT2D eigenvalue weighted by molar-refractivity contribution is -0.231. The third-order valence-corrected chi connectivity index (χ3v) is 5.84. The summed E-state index contributed by atoms with van der Waals surface area (Å²) in [6.45, 7) is 16.3. The van der Waals surface area contributed by atoms with E-state index in [9.17, 15) is 47.9 Å². The molecule has 0 spiro atoms. The summed E-state index contributed by atoms with van der Waals surface area (Å²) < 4.78 is 37.2. The molecule has 0 amide bonds. The van der Waals surface area contributed by atoms with Crippen LogP contribution >= 0.6 is 11.6 Å². The van der Waals surface area contributed by atoms with E-state index in [0.717, 1.165) is 0 Å². The molecule has 1 fully saturated rings. The van der Waals surface area contributed by atoms with Crippen LogP contribution in [0.5, 0.6) is 0 Å². The second kappa shape index (κ2) is 31.8. The van der Waals surface area contributed by atoms with Crippen LogP contribution in [0.1, 0.15) is 88.5 Å². The number of rotatable bonds is 17. The number of halogens is 1. The van der Waals surface area contributed by atoms with Gasteiger partial charge in [-0.15, -0.1) is 0 Å². The fourth-order valence-electron chi connectivity index (χ4n) is 3.59. The average Bonchev–Trinajstić information content (AvgIpc) is 3.00. The van der Waals surface area contributed by atoms with Gasteiger partial charge in [0, 0.05) is 41.6 Å². The number of Topliss-reactive ketones (excluding diaryl/α,β-unsaturated/α-hetero) is 3. The van der Waals surface area contributed by atoms with E-state index in [2.05, 4.69) is 28.4 Å². The predicted molar refractivity (Wildman–Crippen MR) is 196 cm³/mol. The Bertz CT molecular complexity index is 1250. The highest BCUT2D eigenvalue weighted by Gasteiger charge is 2.37. The molecule has 20 heteroatoms. The molecule has 1 rings (SSSR count). The minimum absolute atomic E-state index is 0.00154. The lowest BCUT2D eigenvalue weighted by Crippen LogP contribution is -2.39. The molecule has 3 atom stereocenters. The third kappa shape index (κ3) is 35.4. The molecule has 3 unspecified atom stereocenters. The highest BCUT2D eigenvalue weighted by Crippen LogP contribution is 2.20. The number of hydrogen-bond acceptors (Lipinski definition) is 18. The van der Waals surface area contributed by atoms with Gasteiger partial charge in [-0.3, -0.25) is 47.9 Å². The van der Waals surface area contributed by atoms with Crippen molar-refractivity contribution in [3.8, 4) is 0 Å². The van der Waals surface area contributed by atoms with Gasteiger partial charge in [0.2, 0.25) is 5.24 Å². The maximum atomic E-state index is 11.8. The number of carboxylic acid groups (broad SMARTS) is 1. The standard InChI is InChI=1S/C13H22O5.2C7H12O4.C6H8O4.C3H5ClO2/c1-7-17-12(16)10(9(3)14)8(2)11(15)18-13(4,5)6;1-5(7(9)10)3-6(8)4-11-2;1-3-11-7(9)4-6(8)5-10-2;1-6(2)9-4(7)3-5(8)10-6;1-6-2-3(4)5/h8,10H,7H2,1-6H3;5H,3-4H2,1-2H3,(H,9,10);3-5H2,1-2H3;3H2,1-2H3;2H2,1H3. The smallest absolute Gasteiger partial charge is 0.320 e. The molecule has 0 saturated carbocycles. The summed E-state index contributed by atoms with van der Waals surface area (Å²) in [5, 5.41) is 7.95. The number of carboxylic acids is 1. The number of esters is 5. The first kappa shape index (κ1) is 58.4. The van der Waals surface area contributed by atoms with Crippen LogP contribution in [-0.4, -0.2) is 129 Å². The summed E-state index contributed by atoms with van der Waals surface area (Å²) in [6, 6.07) is 0. The molecule has 1 N–H and O–H groups in total. The van der Waals surface area contributed by atoms with Gasteiger partial charge < -0.3 is 43.0 Å². The van der Waals surface area contributed by atoms with E-state index in [1.54, 1.807) is 34.6 Å². The first-order valence-electron chi connectivity index (χ1n) is 17.0. The molecule has 1 saturated heterocycles. The van der Waals surface area contributed by atoms with Gasteiger partial charge >= 0.3 is 35.8 Å². The van der Waals surface area contributed by atoms with E-state index in [4.69, 9.17) is 26.2 Å². The van der Waals surface area contributed by atoms with Crippen molar-refractivity contribution < 1.29 is 90.9 Å². The third-order valence-electron chi connectivity index (χ3n) is 5.74. The Balaban J connectivity index is -0.000000314. The first-order valence-corrected chi connectivity index (χ1v) is 17.4. The highest BCUT2D eigenvalue weighted by atomic mass is 35.5. The molecule has 0 radical (unpaired) electrons. The second-order valence-electron chi connectivity index (χ2n) is 12.8. The molecule has 56 heavy (non-hydrogen) atoms.